The number of hydrogen-bond acceptors (Lipinski definition) is 4. The Morgan fingerprint density at radius 2 is 1.50 bits per heavy atom. The van der Waals surface area contributed by atoms with Crippen LogP contribution in [0, 0.1) is 0 Å². The fourth-order valence-electron chi connectivity index (χ4n) is 0.978. The molecule has 14 heavy (non-hydrogen) atoms. The largest absolute Gasteiger partial charge is 0.385 e. The van der Waals surface area contributed by atoms with Gasteiger partial charge in [0, 0.05) is 26.9 Å². The van der Waals surface area contributed by atoms with Gasteiger partial charge in [-0.2, -0.15) is 0 Å². The lowest BCUT2D eigenvalue weighted by Crippen LogP contribution is -2.12. The van der Waals surface area contributed by atoms with Crippen molar-refractivity contribution in [2.45, 2.75) is 12.8 Å². The van der Waals surface area contributed by atoms with Crippen LogP contribution in [-0.2, 0) is 14.2 Å². The third-order valence-corrected chi connectivity index (χ3v) is 1.72. The van der Waals surface area contributed by atoms with E-state index in [1.165, 1.54) is 0 Å². The quantitative estimate of drug-likeness (QED) is 0.503. The molecule has 0 fully saturated rings. The van der Waals surface area contributed by atoms with Gasteiger partial charge in [-0.05, 0) is 26.4 Å². The molecule has 0 aliphatic carbocycles. The SMILES string of the molecule is CNCCCOCCOCCCOC. The highest BCUT2D eigenvalue weighted by atomic mass is 16.5. The third kappa shape index (κ3) is 11.8. The van der Waals surface area contributed by atoms with E-state index in [-0.39, 0.29) is 0 Å². The molecule has 0 aromatic rings. The maximum absolute atomic E-state index is 5.35. The first-order valence-electron chi connectivity index (χ1n) is 5.21. The Balaban J connectivity index is 2.78. The normalized spacial score (nSPS) is 10.7. The average Bonchev–Trinajstić information content (AvgIpc) is 2.21. The maximum atomic E-state index is 5.35. The average molecular weight is 205 g/mol. The standard InChI is InChI=1S/C10H23NO3/c1-11-5-3-7-13-9-10-14-8-4-6-12-2/h11H,3-10H2,1-2H3. The van der Waals surface area contributed by atoms with Crippen molar-refractivity contribution in [3.05, 3.63) is 0 Å². The van der Waals surface area contributed by atoms with Crippen LogP contribution in [0.3, 0.4) is 0 Å². The third-order valence-electron chi connectivity index (χ3n) is 1.72. The zero-order valence-corrected chi connectivity index (χ0v) is 9.38. The zero-order valence-electron chi connectivity index (χ0n) is 9.38. The van der Waals surface area contributed by atoms with Crippen LogP contribution in [0.15, 0.2) is 0 Å². The van der Waals surface area contributed by atoms with Crippen molar-refractivity contribution >= 4 is 0 Å². The summed E-state index contributed by atoms with van der Waals surface area (Å²) in [4.78, 5) is 0. The Hall–Kier alpha value is -0.160. The highest BCUT2D eigenvalue weighted by Crippen LogP contribution is 1.85. The molecular formula is C10H23NO3. The first kappa shape index (κ1) is 13.8. The van der Waals surface area contributed by atoms with Crippen LogP contribution in [0.25, 0.3) is 0 Å². The van der Waals surface area contributed by atoms with Crippen LogP contribution < -0.4 is 5.32 Å². The molecule has 0 unspecified atom stereocenters. The maximum Gasteiger partial charge on any atom is 0.0700 e. The van der Waals surface area contributed by atoms with Gasteiger partial charge in [0.25, 0.3) is 0 Å². The first-order chi connectivity index (χ1) is 6.91. The molecule has 0 bridgehead atoms. The number of methoxy groups -OCH3 is 1. The van der Waals surface area contributed by atoms with E-state index in [2.05, 4.69) is 5.32 Å². The molecule has 86 valence electrons. The summed E-state index contributed by atoms with van der Waals surface area (Å²) in [5.41, 5.74) is 0. The molecule has 4 heteroatoms. The number of rotatable bonds is 11. The minimum absolute atomic E-state index is 0.684. The molecule has 0 atom stereocenters. The van der Waals surface area contributed by atoms with E-state index in [9.17, 15) is 0 Å². The summed E-state index contributed by atoms with van der Waals surface area (Å²) in [6.45, 7) is 4.72. The fourth-order valence-corrected chi connectivity index (χ4v) is 0.978. The number of ether oxygens (including phenoxy) is 3. The van der Waals surface area contributed by atoms with E-state index in [1.807, 2.05) is 7.05 Å². The van der Waals surface area contributed by atoms with Crippen molar-refractivity contribution in [3.63, 3.8) is 0 Å². The number of hydrogen-bond donors (Lipinski definition) is 1. The summed E-state index contributed by atoms with van der Waals surface area (Å²) < 4.78 is 15.6. The smallest absolute Gasteiger partial charge is 0.0700 e. The molecule has 0 aromatic heterocycles. The summed E-state index contributed by atoms with van der Waals surface area (Å²) in [6, 6.07) is 0. The van der Waals surface area contributed by atoms with Crippen molar-refractivity contribution in [1.82, 2.24) is 5.32 Å². The van der Waals surface area contributed by atoms with Gasteiger partial charge in [0.05, 0.1) is 13.2 Å². The number of nitrogens with one attached hydrogen (secondary N) is 1. The van der Waals surface area contributed by atoms with Gasteiger partial charge >= 0.3 is 0 Å². The first-order valence-corrected chi connectivity index (χ1v) is 5.21. The van der Waals surface area contributed by atoms with Crippen LogP contribution in [0.2, 0.25) is 0 Å². The van der Waals surface area contributed by atoms with Crippen LogP contribution in [-0.4, -0.2) is 53.7 Å². The summed E-state index contributed by atoms with van der Waals surface area (Å²) in [7, 11) is 3.64. The molecular weight excluding hydrogens is 182 g/mol. The van der Waals surface area contributed by atoms with Crippen molar-refractivity contribution in [3.8, 4) is 0 Å². The van der Waals surface area contributed by atoms with Gasteiger partial charge in [0.15, 0.2) is 0 Å². The Labute approximate surface area is 86.9 Å². The van der Waals surface area contributed by atoms with Gasteiger partial charge in [-0.25, -0.2) is 0 Å². The van der Waals surface area contributed by atoms with Gasteiger partial charge in [-0.3, -0.25) is 0 Å². The Kier molecular flexibility index (Phi) is 12.7. The molecule has 0 rings (SSSR count). The van der Waals surface area contributed by atoms with E-state index in [0.29, 0.717) is 13.2 Å². The second-order valence-electron chi connectivity index (χ2n) is 3.03. The molecule has 0 amide bonds. The van der Waals surface area contributed by atoms with Crippen LogP contribution >= 0.6 is 0 Å². The van der Waals surface area contributed by atoms with Crippen molar-refractivity contribution in [1.29, 1.82) is 0 Å². The van der Waals surface area contributed by atoms with Gasteiger partial charge < -0.3 is 19.5 Å². The molecule has 4 nitrogen and oxygen atoms in total. The Bertz CT molecular complexity index is 89.4. The molecule has 1 N–H and O–H groups in total. The lowest BCUT2D eigenvalue weighted by molar-refractivity contribution is 0.0393. The second-order valence-corrected chi connectivity index (χ2v) is 3.03. The van der Waals surface area contributed by atoms with E-state index < -0.39 is 0 Å². The lowest BCUT2D eigenvalue weighted by Gasteiger charge is -2.05. The van der Waals surface area contributed by atoms with Gasteiger partial charge in [-0.1, -0.05) is 0 Å². The predicted molar refractivity (Wildman–Crippen MR) is 56.7 cm³/mol. The van der Waals surface area contributed by atoms with E-state index in [0.717, 1.165) is 39.2 Å². The van der Waals surface area contributed by atoms with Gasteiger partial charge in [-0.15, -0.1) is 0 Å². The van der Waals surface area contributed by atoms with Crippen molar-refractivity contribution in [2.24, 2.45) is 0 Å². The van der Waals surface area contributed by atoms with Crippen LogP contribution in [0.5, 0.6) is 0 Å². The van der Waals surface area contributed by atoms with Crippen LogP contribution in [0.1, 0.15) is 12.8 Å². The Morgan fingerprint density at radius 1 is 0.857 bits per heavy atom. The van der Waals surface area contributed by atoms with E-state index in [1.54, 1.807) is 7.11 Å². The van der Waals surface area contributed by atoms with Gasteiger partial charge in [0.2, 0.25) is 0 Å². The molecule has 0 saturated carbocycles. The van der Waals surface area contributed by atoms with Crippen LogP contribution in [0.4, 0.5) is 0 Å². The molecule has 0 heterocycles. The van der Waals surface area contributed by atoms with Crippen molar-refractivity contribution in [2.75, 3.05) is 53.7 Å². The van der Waals surface area contributed by atoms with Crippen molar-refractivity contribution < 1.29 is 14.2 Å². The lowest BCUT2D eigenvalue weighted by atomic mass is 10.4. The van der Waals surface area contributed by atoms with Gasteiger partial charge in [0.1, 0.15) is 0 Å². The molecule has 0 aliphatic rings. The highest BCUT2D eigenvalue weighted by molar-refractivity contribution is 4.40. The summed E-state index contributed by atoms with van der Waals surface area (Å²) in [5, 5.41) is 3.07. The zero-order chi connectivity index (χ0) is 10.5. The molecule has 0 aromatic carbocycles. The monoisotopic (exact) mass is 205 g/mol. The highest BCUT2D eigenvalue weighted by Gasteiger charge is 1.90. The summed E-state index contributed by atoms with van der Waals surface area (Å²) in [6.07, 6.45) is 2.01. The topological polar surface area (TPSA) is 39.7 Å². The predicted octanol–water partition coefficient (Wildman–Crippen LogP) is 0.666. The summed E-state index contributed by atoms with van der Waals surface area (Å²) >= 11 is 0. The molecule has 0 radical (unpaired) electrons. The summed E-state index contributed by atoms with van der Waals surface area (Å²) in [5.74, 6) is 0. The molecule has 0 aliphatic heterocycles. The minimum atomic E-state index is 0.684. The molecule has 0 saturated heterocycles. The van der Waals surface area contributed by atoms with E-state index in [4.69, 9.17) is 14.2 Å². The van der Waals surface area contributed by atoms with E-state index >= 15 is 0 Å². The fraction of sp³-hybridized carbons (Fsp3) is 1.00. The minimum Gasteiger partial charge on any atom is -0.385 e. The Morgan fingerprint density at radius 3 is 2.07 bits per heavy atom. The molecule has 0 spiro atoms. The second kappa shape index (κ2) is 12.8.